The molecule has 7 nitrogen and oxygen atoms in total. The van der Waals surface area contributed by atoms with E-state index in [0.717, 1.165) is 4.31 Å². The molecule has 0 aliphatic rings. The summed E-state index contributed by atoms with van der Waals surface area (Å²) in [6, 6.07) is 3.70. The molecular formula is C13H19NO6S. The Labute approximate surface area is 124 Å². The standard InChI is InChI=1S/C13H19NO6S/c1-9(2)14(8-13(15)16)21(17,18)12-6-10(19-3)5-11(7-12)20-4/h5-7,9H,8H2,1-4H3,(H,15,16). The van der Waals surface area contributed by atoms with Gasteiger partial charge in [-0.25, -0.2) is 8.42 Å². The normalized spacial score (nSPS) is 11.7. The van der Waals surface area contributed by atoms with Crippen molar-refractivity contribution in [1.29, 1.82) is 0 Å². The fourth-order valence-electron chi connectivity index (χ4n) is 1.74. The van der Waals surface area contributed by atoms with E-state index in [9.17, 15) is 13.2 Å². The Morgan fingerprint density at radius 3 is 2.00 bits per heavy atom. The summed E-state index contributed by atoms with van der Waals surface area (Å²) in [7, 11) is -1.16. The number of carboxylic acids is 1. The van der Waals surface area contributed by atoms with E-state index in [0.29, 0.717) is 11.5 Å². The van der Waals surface area contributed by atoms with E-state index in [2.05, 4.69) is 0 Å². The molecule has 0 bridgehead atoms. The molecule has 0 aliphatic heterocycles. The van der Waals surface area contributed by atoms with Crippen molar-refractivity contribution in [2.45, 2.75) is 24.8 Å². The molecule has 0 heterocycles. The number of carbonyl (C=O) groups is 1. The third-order valence-electron chi connectivity index (χ3n) is 2.80. The first-order valence-electron chi connectivity index (χ1n) is 6.19. The molecule has 0 radical (unpaired) electrons. The molecule has 1 N–H and O–H groups in total. The second-order valence-corrected chi connectivity index (χ2v) is 6.48. The fraction of sp³-hybridized carbons (Fsp3) is 0.462. The Kier molecular flexibility index (Phi) is 5.56. The summed E-state index contributed by atoms with van der Waals surface area (Å²) >= 11 is 0. The van der Waals surface area contributed by atoms with Crippen molar-refractivity contribution in [3.63, 3.8) is 0 Å². The lowest BCUT2D eigenvalue weighted by Gasteiger charge is -2.24. The predicted octanol–water partition coefficient (Wildman–Crippen LogP) is 1.19. The van der Waals surface area contributed by atoms with Crippen LogP contribution in [0, 0.1) is 0 Å². The number of hydrogen-bond acceptors (Lipinski definition) is 5. The second-order valence-electron chi connectivity index (χ2n) is 4.59. The molecule has 8 heteroatoms. The Morgan fingerprint density at radius 1 is 1.19 bits per heavy atom. The number of nitrogens with zero attached hydrogens (tertiary/aromatic N) is 1. The maximum absolute atomic E-state index is 12.6. The molecule has 1 aromatic rings. The number of carboxylic acid groups (broad SMARTS) is 1. The zero-order chi connectivity index (χ0) is 16.2. The number of benzene rings is 1. The largest absolute Gasteiger partial charge is 0.497 e. The smallest absolute Gasteiger partial charge is 0.318 e. The highest BCUT2D eigenvalue weighted by Crippen LogP contribution is 2.28. The monoisotopic (exact) mass is 317 g/mol. The van der Waals surface area contributed by atoms with Crippen LogP contribution in [-0.2, 0) is 14.8 Å². The number of methoxy groups -OCH3 is 2. The Morgan fingerprint density at radius 2 is 1.67 bits per heavy atom. The maximum Gasteiger partial charge on any atom is 0.318 e. The number of hydrogen-bond donors (Lipinski definition) is 1. The van der Waals surface area contributed by atoms with Crippen LogP contribution in [0.2, 0.25) is 0 Å². The topological polar surface area (TPSA) is 93.1 Å². The molecule has 0 aromatic heterocycles. The summed E-state index contributed by atoms with van der Waals surface area (Å²) in [5, 5.41) is 8.89. The minimum atomic E-state index is -3.97. The molecule has 0 unspecified atom stereocenters. The van der Waals surface area contributed by atoms with Crippen LogP contribution < -0.4 is 9.47 Å². The van der Waals surface area contributed by atoms with Crippen molar-refractivity contribution in [1.82, 2.24) is 4.31 Å². The molecule has 21 heavy (non-hydrogen) atoms. The van der Waals surface area contributed by atoms with Crippen LogP contribution in [0.1, 0.15) is 13.8 Å². The van der Waals surface area contributed by atoms with E-state index in [1.165, 1.54) is 32.4 Å². The predicted molar refractivity (Wildman–Crippen MR) is 76.2 cm³/mol. The summed E-state index contributed by atoms with van der Waals surface area (Å²) in [6.07, 6.45) is 0. The Balaban J connectivity index is 3.36. The minimum absolute atomic E-state index is 0.0753. The van der Waals surface area contributed by atoms with Gasteiger partial charge in [0.1, 0.15) is 18.0 Å². The molecule has 0 amide bonds. The van der Waals surface area contributed by atoms with Gasteiger partial charge in [0, 0.05) is 24.2 Å². The van der Waals surface area contributed by atoms with Gasteiger partial charge < -0.3 is 14.6 Å². The summed E-state index contributed by atoms with van der Waals surface area (Å²) in [5.74, 6) is -0.596. The quantitative estimate of drug-likeness (QED) is 0.812. The highest BCUT2D eigenvalue weighted by Gasteiger charge is 2.29. The van der Waals surface area contributed by atoms with E-state index in [-0.39, 0.29) is 4.90 Å². The Hall–Kier alpha value is -1.80. The van der Waals surface area contributed by atoms with E-state index in [1.807, 2.05) is 0 Å². The zero-order valence-electron chi connectivity index (χ0n) is 12.4. The average molecular weight is 317 g/mol. The highest BCUT2D eigenvalue weighted by atomic mass is 32.2. The Bertz CT molecular complexity index is 589. The molecule has 0 spiro atoms. The van der Waals surface area contributed by atoms with Crippen LogP contribution in [-0.4, -0.2) is 50.6 Å². The SMILES string of the molecule is COc1cc(OC)cc(S(=O)(=O)N(CC(=O)O)C(C)C)c1. The van der Waals surface area contributed by atoms with Crippen molar-refractivity contribution in [3.05, 3.63) is 18.2 Å². The fourth-order valence-corrected chi connectivity index (χ4v) is 3.38. The number of aliphatic carboxylic acids is 1. The zero-order valence-corrected chi connectivity index (χ0v) is 13.2. The number of rotatable bonds is 7. The van der Waals surface area contributed by atoms with Crippen molar-refractivity contribution < 1.29 is 27.8 Å². The van der Waals surface area contributed by atoms with Crippen molar-refractivity contribution in [3.8, 4) is 11.5 Å². The van der Waals surface area contributed by atoms with E-state index in [1.54, 1.807) is 13.8 Å². The van der Waals surface area contributed by atoms with Crippen molar-refractivity contribution in [2.24, 2.45) is 0 Å². The first-order chi connectivity index (χ1) is 9.72. The molecule has 0 saturated heterocycles. The summed E-state index contributed by atoms with van der Waals surface area (Å²) < 4.78 is 36.2. The van der Waals surface area contributed by atoms with Crippen LogP contribution in [0.25, 0.3) is 0 Å². The summed E-state index contributed by atoms with van der Waals surface area (Å²) in [6.45, 7) is 2.61. The third-order valence-corrected chi connectivity index (χ3v) is 4.80. The lowest BCUT2D eigenvalue weighted by atomic mass is 10.3. The molecular weight excluding hydrogens is 298 g/mol. The van der Waals surface area contributed by atoms with E-state index < -0.39 is 28.6 Å². The van der Waals surface area contributed by atoms with Crippen LogP contribution >= 0.6 is 0 Å². The van der Waals surface area contributed by atoms with Crippen molar-refractivity contribution in [2.75, 3.05) is 20.8 Å². The van der Waals surface area contributed by atoms with Gasteiger partial charge in [0.15, 0.2) is 0 Å². The van der Waals surface area contributed by atoms with Gasteiger partial charge in [-0.2, -0.15) is 4.31 Å². The van der Waals surface area contributed by atoms with Gasteiger partial charge in [0.2, 0.25) is 10.0 Å². The van der Waals surface area contributed by atoms with Crippen LogP contribution in [0.5, 0.6) is 11.5 Å². The lowest BCUT2D eigenvalue weighted by Crippen LogP contribution is -2.40. The maximum atomic E-state index is 12.6. The van der Waals surface area contributed by atoms with Gasteiger partial charge >= 0.3 is 5.97 Å². The van der Waals surface area contributed by atoms with Gasteiger partial charge in [-0.1, -0.05) is 0 Å². The van der Waals surface area contributed by atoms with Crippen LogP contribution in [0.3, 0.4) is 0 Å². The molecule has 0 atom stereocenters. The minimum Gasteiger partial charge on any atom is -0.497 e. The molecule has 118 valence electrons. The molecule has 0 saturated carbocycles. The number of ether oxygens (including phenoxy) is 2. The molecule has 1 aromatic carbocycles. The van der Waals surface area contributed by atoms with Gasteiger partial charge in [-0.3, -0.25) is 4.79 Å². The van der Waals surface area contributed by atoms with Crippen LogP contribution in [0.4, 0.5) is 0 Å². The van der Waals surface area contributed by atoms with E-state index in [4.69, 9.17) is 14.6 Å². The van der Waals surface area contributed by atoms with Gasteiger partial charge in [-0.05, 0) is 13.8 Å². The molecule has 1 rings (SSSR count). The van der Waals surface area contributed by atoms with Gasteiger partial charge in [0.25, 0.3) is 0 Å². The van der Waals surface area contributed by atoms with E-state index >= 15 is 0 Å². The molecule has 0 aliphatic carbocycles. The van der Waals surface area contributed by atoms with Gasteiger partial charge in [-0.15, -0.1) is 0 Å². The first-order valence-corrected chi connectivity index (χ1v) is 7.63. The summed E-state index contributed by atoms with van der Waals surface area (Å²) in [4.78, 5) is 10.8. The lowest BCUT2D eigenvalue weighted by molar-refractivity contribution is -0.137. The number of sulfonamides is 1. The second kappa shape index (κ2) is 6.77. The highest BCUT2D eigenvalue weighted by molar-refractivity contribution is 7.89. The summed E-state index contributed by atoms with van der Waals surface area (Å²) in [5.41, 5.74) is 0. The van der Waals surface area contributed by atoms with Gasteiger partial charge in [0.05, 0.1) is 19.1 Å². The molecule has 0 fully saturated rings. The first kappa shape index (κ1) is 17.3. The average Bonchev–Trinajstić information content (AvgIpc) is 2.43. The van der Waals surface area contributed by atoms with Crippen LogP contribution in [0.15, 0.2) is 23.1 Å². The third kappa shape index (κ3) is 4.08. The van der Waals surface area contributed by atoms with Crippen molar-refractivity contribution >= 4 is 16.0 Å².